The maximum atomic E-state index is 13.7. The molecular formula is C20H24FNO5. The Bertz CT molecular complexity index is 843. The zero-order valence-electron chi connectivity index (χ0n) is 16.2. The minimum Gasteiger partial charge on any atom is -0.494 e. The molecule has 0 spiro atoms. The number of carbonyl (C=O) groups excluding carboxylic acids is 2. The van der Waals surface area contributed by atoms with Crippen molar-refractivity contribution in [2.24, 2.45) is 0 Å². The number of hydrogen-bond acceptors (Lipinski definition) is 5. The van der Waals surface area contributed by atoms with Crippen LogP contribution in [0.4, 0.5) is 4.39 Å². The van der Waals surface area contributed by atoms with Crippen LogP contribution >= 0.6 is 0 Å². The topological polar surface area (TPSA) is 66.8 Å². The summed E-state index contributed by atoms with van der Waals surface area (Å²) in [4.78, 5) is 24.6. The van der Waals surface area contributed by atoms with Crippen LogP contribution in [0.1, 0.15) is 45.1 Å². The molecule has 6 nitrogen and oxygen atoms in total. The number of aromatic nitrogens is 1. The number of methoxy groups -OCH3 is 2. The number of carbonyl (C=O) groups is 2. The summed E-state index contributed by atoms with van der Waals surface area (Å²) in [6, 6.07) is 5.57. The molecule has 7 heteroatoms. The molecule has 0 N–H and O–H groups in total. The van der Waals surface area contributed by atoms with Crippen molar-refractivity contribution < 1.29 is 28.2 Å². The molecule has 146 valence electrons. The number of benzene rings is 1. The zero-order chi connectivity index (χ0) is 20.1. The van der Waals surface area contributed by atoms with Gasteiger partial charge in [-0.2, -0.15) is 0 Å². The molecule has 2 rings (SSSR count). The first kappa shape index (κ1) is 20.6. The Kier molecular flexibility index (Phi) is 6.74. The fourth-order valence-corrected chi connectivity index (χ4v) is 3.14. The number of nitrogens with zero attached hydrogens (tertiary/aromatic N) is 1. The van der Waals surface area contributed by atoms with Crippen LogP contribution in [0.3, 0.4) is 0 Å². The molecule has 0 unspecified atom stereocenters. The molecule has 1 heterocycles. The maximum absolute atomic E-state index is 13.7. The fourth-order valence-electron chi connectivity index (χ4n) is 3.14. The van der Waals surface area contributed by atoms with Crippen molar-refractivity contribution in [1.29, 1.82) is 0 Å². The van der Waals surface area contributed by atoms with Crippen molar-refractivity contribution in [1.82, 2.24) is 4.57 Å². The summed E-state index contributed by atoms with van der Waals surface area (Å²) < 4.78 is 30.8. The number of rotatable bonds is 8. The molecule has 1 aromatic carbocycles. The van der Waals surface area contributed by atoms with E-state index < -0.39 is 18.4 Å². The van der Waals surface area contributed by atoms with Crippen LogP contribution in [0.5, 0.6) is 5.75 Å². The number of esters is 1. The summed E-state index contributed by atoms with van der Waals surface area (Å²) in [5.41, 5.74) is 2.21. The molecule has 0 bridgehead atoms. The third-order valence-electron chi connectivity index (χ3n) is 4.36. The smallest absolute Gasteiger partial charge is 0.338 e. The number of hydrogen-bond donors (Lipinski definition) is 0. The van der Waals surface area contributed by atoms with Gasteiger partial charge in [0.15, 0.2) is 18.2 Å². The van der Waals surface area contributed by atoms with Crippen LogP contribution in [0, 0.1) is 19.7 Å². The van der Waals surface area contributed by atoms with Gasteiger partial charge in [0, 0.05) is 24.1 Å². The van der Waals surface area contributed by atoms with E-state index >= 15 is 0 Å². The lowest BCUT2D eigenvalue weighted by Crippen LogP contribution is -2.17. The number of aryl methyl sites for hydroxylation is 1. The second-order valence-electron chi connectivity index (χ2n) is 6.31. The molecule has 0 amide bonds. The molecule has 2 aromatic rings. The number of halogens is 1. The predicted molar refractivity (Wildman–Crippen MR) is 98.1 cm³/mol. The molecule has 1 atom stereocenters. The SMILES string of the molecule is COC[C@@H](C)n1c(C)cc(C(=O)COC(=O)c2ccc(OC)c(F)c2)c1C. The Labute approximate surface area is 157 Å². The maximum Gasteiger partial charge on any atom is 0.338 e. The van der Waals surface area contributed by atoms with Gasteiger partial charge in [0.25, 0.3) is 0 Å². The van der Waals surface area contributed by atoms with E-state index in [9.17, 15) is 14.0 Å². The van der Waals surface area contributed by atoms with Gasteiger partial charge >= 0.3 is 5.97 Å². The van der Waals surface area contributed by atoms with Gasteiger partial charge < -0.3 is 18.8 Å². The van der Waals surface area contributed by atoms with Gasteiger partial charge in [0.05, 0.1) is 25.3 Å². The first-order chi connectivity index (χ1) is 12.8. The van der Waals surface area contributed by atoms with E-state index in [-0.39, 0.29) is 23.1 Å². The molecule has 27 heavy (non-hydrogen) atoms. The Morgan fingerprint density at radius 3 is 2.48 bits per heavy atom. The van der Waals surface area contributed by atoms with E-state index in [4.69, 9.17) is 14.2 Å². The Morgan fingerprint density at radius 1 is 1.19 bits per heavy atom. The third-order valence-corrected chi connectivity index (χ3v) is 4.36. The van der Waals surface area contributed by atoms with Gasteiger partial charge in [-0.1, -0.05) is 0 Å². The highest BCUT2D eigenvalue weighted by molar-refractivity contribution is 6.00. The molecule has 1 aromatic heterocycles. The molecule has 0 aliphatic carbocycles. The lowest BCUT2D eigenvalue weighted by atomic mass is 10.1. The van der Waals surface area contributed by atoms with Gasteiger partial charge in [0.1, 0.15) is 0 Å². The van der Waals surface area contributed by atoms with Crippen molar-refractivity contribution in [3.05, 3.63) is 52.6 Å². The van der Waals surface area contributed by atoms with Gasteiger partial charge in [-0.05, 0) is 45.0 Å². The van der Waals surface area contributed by atoms with Crippen molar-refractivity contribution in [2.75, 3.05) is 27.4 Å². The van der Waals surface area contributed by atoms with E-state index in [1.807, 2.05) is 25.3 Å². The first-order valence-corrected chi connectivity index (χ1v) is 8.51. The van der Waals surface area contributed by atoms with Gasteiger partial charge in [-0.25, -0.2) is 9.18 Å². The molecule has 0 saturated carbocycles. The van der Waals surface area contributed by atoms with E-state index in [2.05, 4.69) is 0 Å². The molecule has 0 fully saturated rings. The summed E-state index contributed by atoms with van der Waals surface area (Å²) in [6.45, 7) is 5.84. The highest BCUT2D eigenvalue weighted by Gasteiger charge is 2.20. The van der Waals surface area contributed by atoms with Crippen LogP contribution < -0.4 is 4.74 Å². The standard InChI is InChI=1S/C20H24FNO5/c1-12-8-16(14(3)22(12)13(2)10-25-4)18(23)11-27-20(24)15-6-7-19(26-5)17(21)9-15/h6-9,13H,10-11H2,1-5H3/t13-/m1/s1. The van der Waals surface area contributed by atoms with Crippen molar-refractivity contribution in [3.8, 4) is 5.75 Å². The molecular weight excluding hydrogens is 353 g/mol. The number of ether oxygens (including phenoxy) is 3. The fraction of sp³-hybridized carbons (Fsp3) is 0.400. The average Bonchev–Trinajstić information content (AvgIpc) is 2.93. The summed E-state index contributed by atoms with van der Waals surface area (Å²) in [6.07, 6.45) is 0. The third kappa shape index (κ3) is 4.54. The largest absolute Gasteiger partial charge is 0.494 e. The second-order valence-corrected chi connectivity index (χ2v) is 6.31. The van der Waals surface area contributed by atoms with Crippen LogP contribution in [0.2, 0.25) is 0 Å². The van der Waals surface area contributed by atoms with Crippen LogP contribution in [0.15, 0.2) is 24.3 Å². The minimum absolute atomic E-state index is 0.0142. The minimum atomic E-state index is -0.772. The number of ketones is 1. The quantitative estimate of drug-likeness (QED) is 0.520. The monoisotopic (exact) mass is 377 g/mol. The highest BCUT2D eigenvalue weighted by atomic mass is 19.1. The van der Waals surface area contributed by atoms with E-state index in [1.165, 1.54) is 19.2 Å². The van der Waals surface area contributed by atoms with Gasteiger partial charge in [-0.15, -0.1) is 0 Å². The Balaban J connectivity index is 2.08. The summed E-state index contributed by atoms with van der Waals surface area (Å²) in [5.74, 6) is -1.73. The average molecular weight is 377 g/mol. The van der Waals surface area contributed by atoms with E-state index in [0.29, 0.717) is 12.2 Å². The molecule has 0 aliphatic rings. The Hall–Kier alpha value is -2.67. The lowest BCUT2D eigenvalue weighted by Gasteiger charge is -2.17. The van der Waals surface area contributed by atoms with Gasteiger partial charge in [-0.3, -0.25) is 4.79 Å². The van der Waals surface area contributed by atoms with Crippen LogP contribution in [-0.4, -0.2) is 43.8 Å². The number of Topliss-reactive ketones (excluding diaryl/α,β-unsaturated/α-hetero) is 1. The highest BCUT2D eigenvalue weighted by Crippen LogP contribution is 2.22. The molecule has 0 aliphatic heterocycles. The van der Waals surface area contributed by atoms with E-state index in [1.54, 1.807) is 13.2 Å². The van der Waals surface area contributed by atoms with Gasteiger partial charge in [0.2, 0.25) is 5.78 Å². The van der Waals surface area contributed by atoms with Crippen LogP contribution in [-0.2, 0) is 9.47 Å². The molecule has 0 radical (unpaired) electrons. The molecule has 0 saturated heterocycles. The zero-order valence-corrected chi connectivity index (χ0v) is 16.2. The summed E-state index contributed by atoms with van der Waals surface area (Å²) in [5, 5.41) is 0. The summed E-state index contributed by atoms with van der Waals surface area (Å²) in [7, 11) is 2.96. The van der Waals surface area contributed by atoms with Crippen molar-refractivity contribution in [3.63, 3.8) is 0 Å². The van der Waals surface area contributed by atoms with E-state index in [0.717, 1.165) is 17.5 Å². The first-order valence-electron chi connectivity index (χ1n) is 8.51. The van der Waals surface area contributed by atoms with Crippen molar-refractivity contribution >= 4 is 11.8 Å². The summed E-state index contributed by atoms with van der Waals surface area (Å²) >= 11 is 0. The Morgan fingerprint density at radius 2 is 1.89 bits per heavy atom. The second kappa shape index (κ2) is 8.81. The van der Waals surface area contributed by atoms with Crippen molar-refractivity contribution in [2.45, 2.75) is 26.8 Å². The lowest BCUT2D eigenvalue weighted by molar-refractivity contribution is 0.0474. The van der Waals surface area contributed by atoms with Crippen LogP contribution in [0.25, 0.3) is 0 Å². The normalized spacial score (nSPS) is 11.9. The predicted octanol–water partition coefficient (Wildman–Crippen LogP) is 3.50.